The standard InChI is InChI=1S/C14H18N2O2/c1-10(2)12-7-11(5-6-13(12)18-4)9-16(3)14(17)8-15/h5-7,10H,9H2,1-4H3. The maximum absolute atomic E-state index is 11.2. The molecule has 0 unspecified atom stereocenters. The molecule has 4 nitrogen and oxygen atoms in total. The van der Waals surface area contributed by atoms with E-state index in [1.807, 2.05) is 18.2 Å². The molecule has 0 aliphatic heterocycles. The molecule has 0 spiro atoms. The summed E-state index contributed by atoms with van der Waals surface area (Å²) in [6.45, 7) is 4.60. The molecule has 0 heterocycles. The van der Waals surface area contributed by atoms with Crippen molar-refractivity contribution in [2.75, 3.05) is 14.2 Å². The summed E-state index contributed by atoms with van der Waals surface area (Å²) in [4.78, 5) is 12.6. The summed E-state index contributed by atoms with van der Waals surface area (Å²) >= 11 is 0. The number of benzene rings is 1. The molecule has 0 fully saturated rings. The fourth-order valence-corrected chi connectivity index (χ4v) is 1.76. The van der Waals surface area contributed by atoms with Crippen molar-refractivity contribution in [3.63, 3.8) is 0 Å². The number of nitriles is 1. The molecule has 1 amide bonds. The van der Waals surface area contributed by atoms with Gasteiger partial charge in [-0.2, -0.15) is 5.26 Å². The van der Waals surface area contributed by atoms with Crippen LogP contribution in [0.25, 0.3) is 0 Å². The van der Waals surface area contributed by atoms with Crippen LogP contribution < -0.4 is 4.74 Å². The second-order valence-electron chi connectivity index (χ2n) is 4.50. The molecule has 0 bridgehead atoms. The van der Waals surface area contributed by atoms with Crippen LogP contribution in [0.2, 0.25) is 0 Å². The van der Waals surface area contributed by atoms with Crippen molar-refractivity contribution in [3.05, 3.63) is 29.3 Å². The minimum absolute atomic E-state index is 0.344. The van der Waals surface area contributed by atoms with Crippen molar-refractivity contribution in [1.29, 1.82) is 5.26 Å². The molecule has 18 heavy (non-hydrogen) atoms. The van der Waals surface area contributed by atoms with Crippen molar-refractivity contribution < 1.29 is 9.53 Å². The molecular formula is C14H18N2O2. The summed E-state index contributed by atoms with van der Waals surface area (Å²) in [5.41, 5.74) is 2.10. The third kappa shape index (κ3) is 3.24. The number of hydrogen-bond acceptors (Lipinski definition) is 3. The van der Waals surface area contributed by atoms with Crippen LogP contribution in [-0.4, -0.2) is 25.0 Å². The number of ether oxygens (including phenoxy) is 1. The Hall–Kier alpha value is -2.02. The van der Waals surface area contributed by atoms with E-state index >= 15 is 0 Å². The summed E-state index contributed by atoms with van der Waals surface area (Å²) in [6.07, 6.45) is 0. The van der Waals surface area contributed by atoms with Gasteiger partial charge in [0.25, 0.3) is 0 Å². The third-order valence-corrected chi connectivity index (χ3v) is 2.78. The van der Waals surface area contributed by atoms with Gasteiger partial charge in [-0.25, -0.2) is 0 Å². The van der Waals surface area contributed by atoms with E-state index in [1.54, 1.807) is 20.2 Å². The van der Waals surface area contributed by atoms with Gasteiger partial charge in [-0.1, -0.05) is 26.0 Å². The average molecular weight is 246 g/mol. The smallest absolute Gasteiger partial charge is 0.325 e. The van der Waals surface area contributed by atoms with Gasteiger partial charge in [0.15, 0.2) is 6.07 Å². The average Bonchev–Trinajstić information content (AvgIpc) is 2.37. The molecular weight excluding hydrogens is 228 g/mol. The highest BCUT2D eigenvalue weighted by atomic mass is 16.5. The fraction of sp³-hybridized carbons (Fsp3) is 0.429. The highest BCUT2D eigenvalue weighted by Crippen LogP contribution is 2.27. The molecule has 0 atom stereocenters. The Morgan fingerprint density at radius 3 is 2.67 bits per heavy atom. The molecule has 0 aliphatic rings. The lowest BCUT2D eigenvalue weighted by Gasteiger charge is -2.17. The number of nitrogens with zero attached hydrogens (tertiary/aromatic N) is 2. The van der Waals surface area contributed by atoms with Crippen molar-refractivity contribution in [3.8, 4) is 11.8 Å². The molecule has 1 aromatic carbocycles. The van der Waals surface area contributed by atoms with E-state index in [9.17, 15) is 4.79 Å². The highest BCUT2D eigenvalue weighted by Gasteiger charge is 2.11. The maximum atomic E-state index is 11.2. The number of rotatable bonds is 4. The van der Waals surface area contributed by atoms with E-state index in [2.05, 4.69) is 13.8 Å². The largest absolute Gasteiger partial charge is 0.496 e. The minimum Gasteiger partial charge on any atom is -0.496 e. The lowest BCUT2D eigenvalue weighted by molar-refractivity contribution is -0.124. The van der Waals surface area contributed by atoms with Gasteiger partial charge in [0, 0.05) is 13.6 Å². The first-order chi connectivity index (χ1) is 8.49. The first kappa shape index (κ1) is 14.0. The van der Waals surface area contributed by atoms with Crippen LogP contribution in [-0.2, 0) is 11.3 Å². The van der Waals surface area contributed by atoms with Gasteiger partial charge in [0.05, 0.1) is 7.11 Å². The molecule has 0 aromatic heterocycles. The molecule has 0 saturated carbocycles. The third-order valence-electron chi connectivity index (χ3n) is 2.78. The zero-order valence-electron chi connectivity index (χ0n) is 11.2. The Bertz CT molecular complexity index is 475. The van der Waals surface area contributed by atoms with Crippen molar-refractivity contribution in [1.82, 2.24) is 4.90 Å². The summed E-state index contributed by atoms with van der Waals surface area (Å²) in [5, 5.41) is 8.55. The molecule has 4 heteroatoms. The van der Waals surface area contributed by atoms with Gasteiger partial charge in [-0.15, -0.1) is 0 Å². The Balaban J connectivity index is 2.96. The number of carbonyl (C=O) groups excluding carboxylic acids is 1. The topological polar surface area (TPSA) is 53.3 Å². The van der Waals surface area contributed by atoms with Crippen LogP contribution in [0.3, 0.4) is 0 Å². The van der Waals surface area contributed by atoms with Gasteiger partial charge in [-0.05, 0) is 23.1 Å². The quantitative estimate of drug-likeness (QED) is 0.766. The molecule has 1 rings (SSSR count). The molecule has 0 aliphatic carbocycles. The van der Waals surface area contributed by atoms with Gasteiger partial charge in [0.1, 0.15) is 5.75 Å². The van der Waals surface area contributed by atoms with Gasteiger partial charge < -0.3 is 9.64 Å². The number of hydrogen-bond donors (Lipinski definition) is 0. The van der Waals surface area contributed by atoms with Crippen molar-refractivity contribution >= 4 is 5.91 Å². The van der Waals surface area contributed by atoms with Gasteiger partial charge in [0.2, 0.25) is 0 Å². The van der Waals surface area contributed by atoms with E-state index in [1.165, 1.54) is 4.90 Å². The van der Waals surface area contributed by atoms with Crippen molar-refractivity contribution in [2.45, 2.75) is 26.3 Å². The van der Waals surface area contributed by atoms with Crippen LogP contribution in [0.1, 0.15) is 30.9 Å². The second-order valence-corrected chi connectivity index (χ2v) is 4.50. The van der Waals surface area contributed by atoms with E-state index in [0.29, 0.717) is 12.5 Å². The van der Waals surface area contributed by atoms with Gasteiger partial charge in [-0.3, -0.25) is 4.79 Å². The lowest BCUT2D eigenvalue weighted by atomic mass is 9.99. The normalized spacial score (nSPS) is 10.0. The minimum atomic E-state index is -0.531. The predicted octanol–water partition coefficient (Wildman–Crippen LogP) is 2.30. The molecule has 0 N–H and O–H groups in total. The van der Waals surface area contributed by atoms with Crippen LogP contribution in [0.15, 0.2) is 18.2 Å². The maximum Gasteiger partial charge on any atom is 0.325 e. The molecule has 96 valence electrons. The fourth-order valence-electron chi connectivity index (χ4n) is 1.76. The molecule has 1 aromatic rings. The van der Waals surface area contributed by atoms with Crippen LogP contribution in [0, 0.1) is 11.3 Å². The molecule has 0 saturated heterocycles. The van der Waals surface area contributed by atoms with Crippen LogP contribution in [0.5, 0.6) is 5.75 Å². The van der Waals surface area contributed by atoms with Crippen LogP contribution in [0.4, 0.5) is 0 Å². The first-order valence-electron chi connectivity index (χ1n) is 5.81. The first-order valence-corrected chi connectivity index (χ1v) is 5.81. The Kier molecular flexibility index (Phi) is 4.73. The van der Waals surface area contributed by atoms with Crippen LogP contribution >= 0.6 is 0 Å². The summed E-state index contributed by atoms with van der Waals surface area (Å²) < 4.78 is 5.30. The zero-order valence-corrected chi connectivity index (χ0v) is 11.2. The lowest BCUT2D eigenvalue weighted by Crippen LogP contribution is -2.24. The summed E-state index contributed by atoms with van der Waals surface area (Å²) in [5.74, 6) is 0.664. The zero-order chi connectivity index (χ0) is 13.7. The van der Waals surface area contributed by atoms with E-state index in [4.69, 9.17) is 10.00 Å². The van der Waals surface area contributed by atoms with Crippen molar-refractivity contribution in [2.24, 2.45) is 0 Å². The Labute approximate surface area is 108 Å². The summed E-state index contributed by atoms with van der Waals surface area (Å²) in [7, 11) is 3.26. The van der Waals surface area contributed by atoms with Gasteiger partial charge >= 0.3 is 5.91 Å². The Morgan fingerprint density at radius 1 is 1.50 bits per heavy atom. The number of amides is 1. The van der Waals surface area contributed by atoms with E-state index in [0.717, 1.165) is 16.9 Å². The predicted molar refractivity (Wildman–Crippen MR) is 69.2 cm³/mol. The number of methoxy groups -OCH3 is 1. The van der Waals surface area contributed by atoms with E-state index in [-0.39, 0.29) is 0 Å². The summed E-state index contributed by atoms with van der Waals surface area (Å²) in [6, 6.07) is 7.43. The van der Waals surface area contributed by atoms with E-state index < -0.39 is 5.91 Å². The SMILES string of the molecule is COc1ccc(CN(C)C(=O)C#N)cc1C(C)C. The Morgan fingerprint density at radius 2 is 2.17 bits per heavy atom. The highest BCUT2D eigenvalue weighted by molar-refractivity contribution is 5.90. The number of carbonyl (C=O) groups is 1. The second kappa shape index (κ2) is 6.06. The monoisotopic (exact) mass is 246 g/mol. The molecule has 0 radical (unpaired) electrons.